The maximum atomic E-state index is 10.7. The molecule has 0 spiro atoms. The smallest absolute Gasteiger partial charge is 0.216 e. The van der Waals surface area contributed by atoms with Crippen LogP contribution in [0.5, 0.6) is 0 Å². The number of likely N-dealkylation sites (tertiary alicyclic amines) is 1. The number of rotatable bonds is 3. The first-order chi connectivity index (χ1) is 6.22. The molecule has 1 saturated heterocycles. The lowest BCUT2D eigenvalue weighted by molar-refractivity contribution is -0.119. The van der Waals surface area contributed by atoms with Crippen LogP contribution in [-0.4, -0.2) is 37.0 Å². The van der Waals surface area contributed by atoms with E-state index in [-0.39, 0.29) is 5.91 Å². The van der Waals surface area contributed by atoms with Gasteiger partial charge >= 0.3 is 0 Å². The summed E-state index contributed by atoms with van der Waals surface area (Å²) in [7, 11) is 0. The van der Waals surface area contributed by atoms with Crippen LogP contribution in [0, 0.1) is 5.92 Å². The van der Waals surface area contributed by atoms with Gasteiger partial charge in [0, 0.05) is 20.0 Å². The number of carbonyl (C=O) groups is 1. The van der Waals surface area contributed by atoms with E-state index in [0.717, 1.165) is 19.6 Å². The van der Waals surface area contributed by atoms with E-state index in [0.29, 0.717) is 5.92 Å². The molecule has 0 aromatic rings. The largest absolute Gasteiger partial charge is 0.356 e. The molecule has 1 atom stereocenters. The minimum Gasteiger partial charge on any atom is -0.356 e. The standard InChI is InChI=1S/C10H20N2O/c1-3-12-6-4-5-10(8-12)7-11-9(2)13/h10H,3-8H2,1-2H3,(H,11,13)/t10-/m1/s1. The van der Waals surface area contributed by atoms with Gasteiger partial charge in [-0.15, -0.1) is 0 Å². The molecule has 76 valence electrons. The molecule has 0 aromatic heterocycles. The van der Waals surface area contributed by atoms with Crippen LogP contribution in [0.3, 0.4) is 0 Å². The Bertz CT molecular complexity index is 170. The number of amides is 1. The molecule has 3 nitrogen and oxygen atoms in total. The zero-order valence-electron chi connectivity index (χ0n) is 8.68. The molecule has 1 N–H and O–H groups in total. The molecule has 0 saturated carbocycles. The summed E-state index contributed by atoms with van der Waals surface area (Å²) in [6, 6.07) is 0. The highest BCUT2D eigenvalue weighted by molar-refractivity contribution is 5.72. The second kappa shape index (κ2) is 5.22. The Morgan fingerprint density at radius 2 is 2.38 bits per heavy atom. The number of nitrogens with one attached hydrogen (secondary N) is 1. The molecular formula is C10H20N2O. The summed E-state index contributed by atoms with van der Waals surface area (Å²) in [5, 5.41) is 2.89. The highest BCUT2D eigenvalue weighted by atomic mass is 16.1. The molecule has 1 rings (SSSR count). The second-order valence-corrected chi connectivity index (χ2v) is 3.84. The third-order valence-corrected chi connectivity index (χ3v) is 2.69. The minimum atomic E-state index is 0.0913. The fourth-order valence-electron chi connectivity index (χ4n) is 1.89. The normalized spacial score (nSPS) is 24.3. The van der Waals surface area contributed by atoms with E-state index in [1.165, 1.54) is 19.4 Å². The zero-order chi connectivity index (χ0) is 9.68. The SMILES string of the molecule is CCN1CCC[C@H](CNC(C)=O)C1. The Labute approximate surface area is 80.5 Å². The molecule has 13 heavy (non-hydrogen) atoms. The van der Waals surface area contributed by atoms with Crippen LogP contribution in [-0.2, 0) is 4.79 Å². The Balaban J connectivity index is 2.21. The van der Waals surface area contributed by atoms with Crippen molar-refractivity contribution in [2.24, 2.45) is 5.92 Å². The fourth-order valence-corrected chi connectivity index (χ4v) is 1.89. The lowest BCUT2D eigenvalue weighted by atomic mass is 9.98. The van der Waals surface area contributed by atoms with Gasteiger partial charge in [-0.25, -0.2) is 0 Å². The number of piperidine rings is 1. The van der Waals surface area contributed by atoms with Gasteiger partial charge < -0.3 is 10.2 Å². The van der Waals surface area contributed by atoms with Crippen LogP contribution in [0.2, 0.25) is 0 Å². The van der Waals surface area contributed by atoms with Gasteiger partial charge in [0.25, 0.3) is 0 Å². The van der Waals surface area contributed by atoms with Crippen molar-refractivity contribution in [3.63, 3.8) is 0 Å². The first-order valence-corrected chi connectivity index (χ1v) is 5.19. The topological polar surface area (TPSA) is 32.3 Å². The molecule has 0 bridgehead atoms. The van der Waals surface area contributed by atoms with Gasteiger partial charge in [-0.3, -0.25) is 4.79 Å². The maximum absolute atomic E-state index is 10.7. The molecule has 1 aliphatic rings. The first-order valence-electron chi connectivity index (χ1n) is 5.19. The Morgan fingerprint density at radius 3 is 3.00 bits per heavy atom. The van der Waals surface area contributed by atoms with E-state index in [9.17, 15) is 4.79 Å². The van der Waals surface area contributed by atoms with Crippen molar-refractivity contribution in [1.29, 1.82) is 0 Å². The molecule has 0 aliphatic carbocycles. The molecule has 1 fully saturated rings. The average molecular weight is 184 g/mol. The van der Waals surface area contributed by atoms with E-state index in [4.69, 9.17) is 0 Å². The summed E-state index contributed by atoms with van der Waals surface area (Å²) in [6.45, 7) is 8.15. The molecule has 1 amide bonds. The van der Waals surface area contributed by atoms with E-state index < -0.39 is 0 Å². The minimum absolute atomic E-state index is 0.0913. The van der Waals surface area contributed by atoms with Crippen molar-refractivity contribution in [1.82, 2.24) is 10.2 Å². The summed E-state index contributed by atoms with van der Waals surface area (Å²) in [5.41, 5.74) is 0. The van der Waals surface area contributed by atoms with E-state index in [2.05, 4.69) is 17.1 Å². The average Bonchev–Trinajstić information content (AvgIpc) is 2.15. The van der Waals surface area contributed by atoms with E-state index >= 15 is 0 Å². The molecule has 1 heterocycles. The van der Waals surface area contributed by atoms with Gasteiger partial charge in [-0.1, -0.05) is 6.92 Å². The predicted octanol–water partition coefficient (Wildman–Crippen LogP) is 0.854. The van der Waals surface area contributed by atoms with Crippen molar-refractivity contribution < 1.29 is 4.79 Å². The van der Waals surface area contributed by atoms with Gasteiger partial charge in [-0.05, 0) is 31.8 Å². The Kier molecular flexibility index (Phi) is 4.22. The van der Waals surface area contributed by atoms with Crippen molar-refractivity contribution in [2.45, 2.75) is 26.7 Å². The molecule has 0 unspecified atom stereocenters. The van der Waals surface area contributed by atoms with Gasteiger partial charge in [0.2, 0.25) is 5.91 Å². The highest BCUT2D eigenvalue weighted by Crippen LogP contribution is 2.14. The fraction of sp³-hybridized carbons (Fsp3) is 0.900. The number of nitrogens with zero attached hydrogens (tertiary/aromatic N) is 1. The van der Waals surface area contributed by atoms with Gasteiger partial charge in [0.15, 0.2) is 0 Å². The lowest BCUT2D eigenvalue weighted by Crippen LogP contribution is -2.40. The third kappa shape index (κ3) is 3.77. The maximum Gasteiger partial charge on any atom is 0.216 e. The number of carbonyl (C=O) groups excluding carboxylic acids is 1. The monoisotopic (exact) mass is 184 g/mol. The summed E-state index contributed by atoms with van der Waals surface area (Å²) in [5.74, 6) is 0.756. The summed E-state index contributed by atoms with van der Waals surface area (Å²) < 4.78 is 0. The van der Waals surface area contributed by atoms with Gasteiger partial charge in [0.1, 0.15) is 0 Å². The molecule has 3 heteroatoms. The molecule has 0 aromatic carbocycles. The van der Waals surface area contributed by atoms with Crippen molar-refractivity contribution in [3.05, 3.63) is 0 Å². The number of hydrogen-bond donors (Lipinski definition) is 1. The lowest BCUT2D eigenvalue weighted by Gasteiger charge is -2.31. The van der Waals surface area contributed by atoms with Crippen LogP contribution in [0.15, 0.2) is 0 Å². The number of hydrogen-bond acceptors (Lipinski definition) is 2. The Morgan fingerprint density at radius 1 is 1.62 bits per heavy atom. The molecule has 1 aliphatic heterocycles. The van der Waals surface area contributed by atoms with Crippen LogP contribution < -0.4 is 5.32 Å². The highest BCUT2D eigenvalue weighted by Gasteiger charge is 2.18. The molecule has 0 radical (unpaired) electrons. The summed E-state index contributed by atoms with van der Waals surface area (Å²) in [6.07, 6.45) is 2.54. The van der Waals surface area contributed by atoms with E-state index in [1.807, 2.05) is 0 Å². The third-order valence-electron chi connectivity index (χ3n) is 2.69. The zero-order valence-corrected chi connectivity index (χ0v) is 8.68. The van der Waals surface area contributed by atoms with Crippen LogP contribution in [0.4, 0.5) is 0 Å². The van der Waals surface area contributed by atoms with Gasteiger partial charge in [0.05, 0.1) is 0 Å². The van der Waals surface area contributed by atoms with Gasteiger partial charge in [-0.2, -0.15) is 0 Å². The molecular weight excluding hydrogens is 164 g/mol. The van der Waals surface area contributed by atoms with Crippen molar-refractivity contribution in [3.8, 4) is 0 Å². The van der Waals surface area contributed by atoms with Crippen LogP contribution >= 0.6 is 0 Å². The van der Waals surface area contributed by atoms with E-state index in [1.54, 1.807) is 6.92 Å². The quantitative estimate of drug-likeness (QED) is 0.705. The predicted molar refractivity (Wildman–Crippen MR) is 53.5 cm³/mol. The van der Waals surface area contributed by atoms with Crippen molar-refractivity contribution in [2.75, 3.05) is 26.2 Å². The first kappa shape index (κ1) is 10.5. The summed E-state index contributed by atoms with van der Waals surface area (Å²) >= 11 is 0. The van der Waals surface area contributed by atoms with Crippen LogP contribution in [0.1, 0.15) is 26.7 Å². The van der Waals surface area contributed by atoms with Crippen molar-refractivity contribution >= 4 is 5.91 Å². The second-order valence-electron chi connectivity index (χ2n) is 3.84. The Hall–Kier alpha value is -0.570. The summed E-state index contributed by atoms with van der Waals surface area (Å²) in [4.78, 5) is 13.2. The van der Waals surface area contributed by atoms with Crippen LogP contribution in [0.25, 0.3) is 0 Å².